The van der Waals surface area contributed by atoms with Gasteiger partial charge in [0.25, 0.3) is 0 Å². The molecule has 0 amide bonds. The SMILES string of the molecule is CCCOc1ccc([C@H]2[C@H]3CN(C(C)C)CC=C3C(C#N)=C(N)C2(C#N)C#N)cc1OC. The van der Waals surface area contributed by atoms with Crippen molar-refractivity contribution >= 4 is 0 Å². The Labute approximate surface area is 189 Å². The summed E-state index contributed by atoms with van der Waals surface area (Å²) in [5.41, 5.74) is 6.59. The maximum Gasteiger partial charge on any atom is 0.191 e. The number of rotatable bonds is 6. The lowest BCUT2D eigenvalue weighted by molar-refractivity contribution is 0.174. The van der Waals surface area contributed by atoms with Crippen molar-refractivity contribution in [3.8, 4) is 29.7 Å². The van der Waals surface area contributed by atoms with E-state index in [1.165, 1.54) is 0 Å². The second-order valence-corrected chi connectivity index (χ2v) is 8.48. The van der Waals surface area contributed by atoms with E-state index in [0.717, 1.165) is 17.6 Å². The van der Waals surface area contributed by atoms with Gasteiger partial charge in [0.15, 0.2) is 16.9 Å². The summed E-state index contributed by atoms with van der Waals surface area (Å²) in [6.45, 7) is 8.10. The van der Waals surface area contributed by atoms with Crippen LogP contribution in [0.3, 0.4) is 0 Å². The predicted octanol–water partition coefficient (Wildman–Crippen LogP) is 3.62. The Balaban J connectivity index is 2.24. The van der Waals surface area contributed by atoms with Crippen molar-refractivity contribution in [3.05, 3.63) is 46.7 Å². The van der Waals surface area contributed by atoms with E-state index in [0.29, 0.717) is 31.2 Å². The number of nitrogens with zero attached hydrogens (tertiary/aromatic N) is 4. The summed E-state index contributed by atoms with van der Waals surface area (Å²) in [5, 5.41) is 30.3. The third kappa shape index (κ3) is 3.68. The minimum atomic E-state index is -1.66. The summed E-state index contributed by atoms with van der Waals surface area (Å²) in [5.74, 6) is 0.352. The molecule has 1 heterocycles. The summed E-state index contributed by atoms with van der Waals surface area (Å²) in [4.78, 5) is 2.27. The van der Waals surface area contributed by atoms with E-state index < -0.39 is 11.3 Å². The average molecular weight is 432 g/mol. The van der Waals surface area contributed by atoms with E-state index in [1.807, 2.05) is 31.2 Å². The molecule has 2 N–H and O–H groups in total. The van der Waals surface area contributed by atoms with Gasteiger partial charge in [0.1, 0.15) is 6.07 Å². The molecule has 7 nitrogen and oxygen atoms in total. The number of allylic oxidation sites excluding steroid dienone is 2. The van der Waals surface area contributed by atoms with Crippen molar-refractivity contribution in [2.45, 2.75) is 39.2 Å². The topological polar surface area (TPSA) is 119 Å². The highest BCUT2D eigenvalue weighted by Crippen LogP contribution is 2.55. The van der Waals surface area contributed by atoms with Crippen LogP contribution in [-0.4, -0.2) is 37.7 Å². The molecule has 2 atom stereocenters. The highest BCUT2D eigenvalue weighted by Gasteiger charge is 2.54. The van der Waals surface area contributed by atoms with E-state index in [4.69, 9.17) is 15.2 Å². The van der Waals surface area contributed by atoms with Crippen LogP contribution in [-0.2, 0) is 0 Å². The van der Waals surface area contributed by atoms with Crippen LogP contribution < -0.4 is 15.2 Å². The highest BCUT2D eigenvalue weighted by molar-refractivity contribution is 5.60. The molecule has 166 valence electrons. The second kappa shape index (κ2) is 9.35. The predicted molar refractivity (Wildman–Crippen MR) is 120 cm³/mol. The van der Waals surface area contributed by atoms with Crippen molar-refractivity contribution in [2.75, 3.05) is 26.8 Å². The largest absolute Gasteiger partial charge is 0.493 e. The van der Waals surface area contributed by atoms with Gasteiger partial charge in [-0.1, -0.05) is 19.1 Å². The van der Waals surface area contributed by atoms with Gasteiger partial charge in [0.05, 0.1) is 37.1 Å². The number of hydrogen-bond donors (Lipinski definition) is 1. The Hall–Kier alpha value is -3.47. The number of nitriles is 3. The number of nitrogens with two attached hydrogens (primary N) is 1. The monoisotopic (exact) mass is 431 g/mol. The van der Waals surface area contributed by atoms with Gasteiger partial charge in [-0.15, -0.1) is 0 Å². The Kier molecular flexibility index (Phi) is 6.78. The molecule has 32 heavy (non-hydrogen) atoms. The van der Waals surface area contributed by atoms with Crippen LogP contribution in [0.5, 0.6) is 11.5 Å². The van der Waals surface area contributed by atoms with Crippen molar-refractivity contribution < 1.29 is 9.47 Å². The Morgan fingerprint density at radius 2 is 1.94 bits per heavy atom. The maximum atomic E-state index is 10.2. The van der Waals surface area contributed by atoms with Gasteiger partial charge in [0, 0.05) is 31.0 Å². The normalized spacial score (nSPS) is 22.2. The molecule has 1 aliphatic carbocycles. The van der Waals surface area contributed by atoms with E-state index in [2.05, 4.69) is 37.0 Å². The molecule has 3 rings (SSSR count). The third-order valence-corrected chi connectivity index (χ3v) is 6.43. The van der Waals surface area contributed by atoms with Gasteiger partial charge in [-0.05, 0) is 43.5 Å². The van der Waals surface area contributed by atoms with Crippen LogP contribution in [0.4, 0.5) is 0 Å². The zero-order chi connectivity index (χ0) is 23.5. The molecular weight excluding hydrogens is 402 g/mol. The Morgan fingerprint density at radius 1 is 1.22 bits per heavy atom. The van der Waals surface area contributed by atoms with Crippen LogP contribution in [0, 0.1) is 45.3 Å². The van der Waals surface area contributed by atoms with E-state index in [1.54, 1.807) is 7.11 Å². The van der Waals surface area contributed by atoms with Gasteiger partial charge in [-0.3, -0.25) is 4.90 Å². The minimum Gasteiger partial charge on any atom is -0.493 e. The molecule has 0 bridgehead atoms. The summed E-state index contributed by atoms with van der Waals surface area (Å²) < 4.78 is 11.3. The first-order chi connectivity index (χ1) is 15.4. The number of hydrogen-bond acceptors (Lipinski definition) is 7. The van der Waals surface area contributed by atoms with Crippen LogP contribution in [0.15, 0.2) is 41.1 Å². The van der Waals surface area contributed by atoms with Crippen LogP contribution in [0.25, 0.3) is 0 Å². The summed E-state index contributed by atoms with van der Waals surface area (Å²) >= 11 is 0. The van der Waals surface area contributed by atoms with Crippen LogP contribution >= 0.6 is 0 Å². The summed E-state index contributed by atoms with van der Waals surface area (Å²) in [6, 6.07) is 12.3. The average Bonchev–Trinajstić information content (AvgIpc) is 2.81. The molecule has 2 aliphatic rings. The Bertz CT molecular complexity index is 1050. The summed E-state index contributed by atoms with van der Waals surface area (Å²) in [6.07, 6.45) is 2.88. The van der Waals surface area contributed by atoms with Gasteiger partial charge in [-0.2, -0.15) is 15.8 Å². The molecule has 0 radical (unpaired) electrons. The highest BCUT2D eigenvalue weighted by atomic mass is 16.5. The molecule has 7 heteroatoms. The van der Waals surface area contributed by atoms with Crippen molar-refractivity contribution in [2.24, 2.45) is 17.1 Å². The molecule has 0 aromatic heterocycles. The van der Waals surface area contributed by atoms with E-state index in [-0.39, 0.29) is 23.2 Å². The molecule has 1 aliphatic heterocycles. The van der Waals surface area contributed by atoms with Gasteiger partial charge >= 0.3 is 0 Å². The van der Waals surface area contributed by atoms with Crippen molar-refractivity contribution in [1.29, 1.82) is 15.8 Å². The van der Waals surface area contributed by atoms with Crippen molar-refractivity contribution in [1.82, 2.24) is 4.90 Å². The van der Waals surface area contributed by atoms with Crippen LogP contribution in [0.2, 0.25) is 0 Å². The lowest BCUT2D eigenvalue weighted by Gasteiger charge is -2.46. The number of methoxy groups -OCH3 is 1. The smallest absolute Gasteiger partial charge is 0.191 e. The molecule has 0 saturated heterocycles. The fraction of sp³-hybridized carbons (Fsp3) is 0.480. The minimum absolute atomic E-state index is 0.0285. The number of benzene rings is 1. The molecule has 0 spiro atoms. The molecule has 0 unspecified atom stereocenters. The third-order valence-electron chi connectivity index (χ3n) is 6.43. The van der Waals surface area contributed by atoms with E-state index >= 15 is 0 Å². The quantitative estimate of drug-likeness (QED) is 0.730. The summed E-state index contributed by atoms with van der Waals surface area (Å²) in [7, 11) is 1.56. The maximum absolute atomic E-state index is 10.2. The first-order valence-electron chi connectivity index (χ1n) is 10.9. The Morgan fingerprint density at radius 3 is 2.50 bits per heavy atom. The molecule has 1 aromatic carbocycles. The van der Waals surface area contributed by atoms with Crippen LogP contribution in [0.1, 0.15) is 38.7 Å². The first-order valence-corrected chi connectivity index (χ1v) is 10.9. The molecule has 0 fully saturated rings. The molecule has 1 aromatic rings. The second-order valence-electron chi connectivity index (χ2n) is 8.48. The standard InChI is InChI=1S/C25H29N5O2/c1-5-10-32-21-7-6-17(11-22(21)31-4)23-20-13-30(16(2)3)9-8-18(20)19(12-26)24(29)25(23,14-27)15-28/h6-8,11,16,20,23H,5,9-10,13,29H2,1-4H3/t20-,23-/m0/s1. The molecule has 0 saturated carbocycles. The van der Waals surface area contributed by atoms with E-state index in [9.17, 15) is 15.8 Å². The van der Waals surface area contributed by atoms with Gasteiger partial charge in [-0.25, -0.2) is 0 Å². The number of fused-ring (bicyclic) bond motifs is 1. The fourth-order valence-corrected chi connectivity index (χ4v) is 4.71. The lowest BCUT2D eigenvalue weighted by Crippen LogP contribution is -2.49. The van der Waals surface area contributed by atoms with Gasteiger partial charge < -0.3 is 15.2 Å². The first kappa shape index (κ1) is 23.2. The number of ether oxygens (including phenoxy) is 2. The zero-order valence-corrected chi connectivity index (χ0v) is 19.1. The molecular formula is C25H29N5O2. The fourth-order valence-electron chi connectivity index (χ4n) is 4.71. The lowest BCUT2D eigenvalue weighted by atomic mass is 9.58. The van der Waals surface area contributed by atoms with Gasteiger partial charge in [0.2, 0.25) is 0 Å². The van der Waals surface area contributed by atoms with Crippen molar-refractivity contribution in [3.63, 3.8) is 0 Å². The zero-order valence-electron chi connectivity index (χ0n) is 19.1.